The first-order valence-corrected chi connectivity index (χ1v) is 11.4. The molecule has 2 N–H and O–H groups in total. The second-order valence-corrected chi connectivity index (χ2v) is 8.32. The molecule has 0 saturated heterocycles. The van der Waals surface area contributed by atoms with Gasteiger partial charge in [-0.2, -0.15) is 0 Å². The highest BCUT2D eigenvalue weighted by molar-refractivity contribution is 6.35. The third-order valence-corrected chi connectivity index (χ3v) is 5.79. The molecular weight excluding hydrogens is 477 g/mol. The Morgan fingerprint density at radius 1 is 1.15 bits per heavy atom. The van der Waals surface area contributed by atoms with Gasteiger partial charge in [-0.15, -0.1) is 0 Å². The van der Waals surface area contributed by atoms with Crippen LogP contribution in [0, 0.1) is 0 Å². The summed E-state index contributed by atoms with van der Waals surface area (Å²) in [5.74, 6) is 0.723. The second-order valence-electron chi connectivity index (χ2n) is 7.48. The fourth-order valence-corrected chi connectivity index (χ4v) is 3.90. The van der Waals surface area contributed by atoms with Gasteiger partial charge < -0.3 is 14.8 Å². The van der Waals surface area contributed by atoms with Gasteiger partial charge in [0.25, 0.3) is 5.91 Å². The average molecular weight is 500 g/mol. The normalized spacial score (nSPS) is 14.8. The minimum absolute atomic E-state index is 0.281. The number of aromatic nitrogens is 1. The molecule has 4 rings (SSSR count). The number of ether oxygens (including phenoxy) is 2. The molecular formula is C25H23Cl2N3O4. The van der Waals surface area contributed by atoms with Crippen molar-refractivity contribution in [2.75, 3.05) is 20.3 Å². The third-order valence-electron chi connectivity index (χ3n) is 5.21. The molecule has 1 amide bonds. The number of hydroxylamine groups is 1. The predicted octanol–water partition coefficient (Wildman–Crippen LogP) is 4.69. The number of carbonyl (C=O) groups excluding carboxylic acids is 1. The first kappa shape index (κ1) is 23.9. The van der Waals surface area contributed by atoms with Gasteiger partial charge in [-0.1, -0.05) is 29.3 Å². The summed E-state index contributed by atoms with van der Waals surface area (Å²) in [4.78, 5) is 22.5. The Labute approximate surface area is 207 Å². The summed E-state index contributed by atoms with van der Waals surface area (Å²) in [5, 5.41) is 4.04. The standard InChI is InChI=1S/C25H23Cl2N3O4/c1-32-19-4-5-21(24(14-19)33-11-8-16-2-3-18(26)12-22(16)27)25(31)29-15-20-13-23(30-34-20)17-6-9-28-10-7-17/h2-7,9-10,12-14,20,30H,8,11,15H2,1H3,(H,29,31). The number of methoxy groups -OCH3 is 1. The molecule has 176 valence electrons. The Hall–Kier alpha value is -3.26. The van der Waals surface area contributed by atoms with Gasteiger partial charge in [0.05, 0.1) is 31.5 Å². The third kappa shape index (κ3) is 5.99. The summed E-state index contributed by atoms with van der Waals surface area (Å²) in [6, 6.07) is 14.2. The Bertz CT molecular complexity index is 1190. The van der Waals surface area contributed by atoms with E-state index >= 15 is 0 Å². The van der Waals surface area contributed by atoms with Crippen LogP contribution < -0.4 is 20.3 Å². The summed E-state index contributed by atoms with van der Waals surface area (Å²) >= 11 is 12.2. The number of nitrogens with one attached hydrogen (secondary N) is 2. The van der Waals surface area contributed by atoms with Crippen LogP contribution in [0.3, 0.4) is 0 Å². The summed E-state index contributed by atoms with van der Waals surface area (Å²) in [6.07, 6.45) is 5.56. The molecule has 34 heavy (non-hydrogen) atoms. The van der Waals surface area contributed by atoms with Gasteiger partial charge in [0.15, 0.2) is 0 Å². The van der Waals surface area contributed by atoms with E-state index in [-0.39, 0.29) is 18.6 Å². The van der Waals surface area contributed by atoms with Crippen LogP contribution in [-0.4, -0.2) is 37.3 Å². The molecule has 3 aromatic rings. The van der Waals surface area contributed by atoms with Crippen LogP contribution in [0.15, 0.2) is 67.0 Å². The summed E-state index contributed by atoms with van der Waals surface area (Å²) in [6.45, 7) is 0.606. The molecule has 1 aliphatic heterocycles. The Balaban J connectivity index is 1.38. The molecule has 1 aromatic heterocycles. The lowest BCUT2D eigenvalue weighted by atomic mass is 10.1. The molecule has 0 fully saturated rings. The zero-order chi connectivity index (χ0) is 23.9. The maximum Gasteiger partial charge on any atom is 0.255 e. The van der Waals surface area contributed by atoms with E-state index in [0.717, 1.165) is 16.8 Å². The maximum atomic E-state index is 12.9. The smallest absolute Gasteiger partial charge is 0.255 e. The number of benzene rings is 2. The van der Waals surface area contributed by atoms with Crippen molar-refractivity contribution in [1.82, 2.24) is 15.8 Å². The fourth-order valence-electron chi connectivity index (χ4n) is 3.40. The number of hydrogen-bond donors (Lipinski definition) is 2. The average Bonchev–Trinajstić information content (AvgIpc) is 3.33. The monoisotopic (exact) mass is 499 g/mol. The van der Waals surface area contributed by atoms with Crippen LogP contribution in [0.25, 0.3) is 5.70 Å². The minimum atomic E-state index is -0.318. The number of carbonyl (C=O) groups is 1. The van der Waals surface area contributed by atoms with E-state index < -0.39 is 0 Å². The van der Waals surface area contributed by atoms with E-state index in [1.807, 2.05) is 24.3 Å². The quantitative estimate of drug-likeness (QED) is 0.444. The fraction of sp³-hybridized carbons (Fsp3) is 0.200. The summed E-state index contributed by atoms with van der Waals surface area (Å²) in [7, 11) is 1.56. The van der Waals surface area contributed by atoms with Crippen molar-refractivity contribution in [3.05, 3.63) is 93.7 Å². The van der Waals surface area contributed by atoms with E-state index in [1.165, 1.54) is 0 Å². The SMILES string of the molecule is COc1ccc(C(=O)NCC2C=C(c3ccncc3)NO2)c(OCCc2ccc(Cl)cc2Cl)c1. The molecule has 0 radical (unpaired) electrons. The van der Waals surface area contributed by atoms with Crippen LogP contribution in [0.5, 0.6) is 11.5 Å². The molecule has 0 bridgehead atoms. The van der Waals surface area contributed by atoms with Crippen LogP contribution >= 0.6 is 23.2 Å². The number of rotatable bonds is 9. The molecule has 0 spiro atoms. The zero-order valence-electron chi connectivity index (χ0n) is 18.4. The van der Waals surface area contributed by atoms with Crippen molar-refractivity contribution in [3.63, 3.8) is 0 Å². The Kier molecular flexibility index (Phi) is 7.90. The van der Waals surface area contributed by atoms with Gasteiger partial charge in [0, 0.05) is 40.5 Å². The molecule has 2 heterocycles. The molecule has 2 aromatic carbocycles. The molecule has 0 saturated carbocycles. The summed E-state index contributed by atoms with van der Waals surface area (Å²) in [5.41, 5.74) is 5.97. The first-order chi connectivity index (χ1) is 16.5. The molecule has 9 heteroatoms. The predicted molar refractivity (Wildman–Crippen MR) is 131 cm³/mol. The highest BCUT2D eigenvalue weighted by Gasteiger charge is 2.20. The lowest BCUT2D eigenvalue weighted by Crippen LogP contribution is -2.32. The van der Waals surface area contributed by atoms with E-state index in [4.69, 9.17) is 37.5 Å². The van der Waals surface area contributed by atoms with Gasteiger partial charge in [0.1, 0.15) is 17.6 Å². The van der Waals surface area contributed by atoms with Crippen LogP contribution in [0.1, 0.15) is 21.5 Å². The number of halogens is 2. The van der Waals surface area contributed by atoms with Crippen molar-refractivity contribution in [2.45, 2.75) is 12.5 Å². The highest BCUT2D eigenvalue weighted by Crippen LogP contribution is 2.26. The van der Waals surface area contributed by atoms with Crippen LogP contribution in [0.4, 0.5) is 0 Å². The maximum absolute atomic E-state index is 12.9. The van der Waals surface area contributed by atoms with Crippen molar-refractivity contribution in [3.8, 4) is 11.5 Å². The largest absolute Gasteiger partial charge is 0.497 e. The molecule has 1 aliphatic rings. The van der Waals surface area contributed by atoms with E-state index in [0.29, 0.717) is 40.1 Å². The number of amides is 1. The van der Waals surface area contributed by atoms with Crippen LogP contribution in [0.2, 0.25) is 10.0 Å². The van der Waals surface area contributed by atoms with Gasteiger partial charge in [-0.25, -0.2) is 0 Å². The van der Waals surface area contributed by atoms with Crippen molar-refractivity contribution < 1.29 is 19.1 Å². The number of hydrogen-bond acceptors (Lipinski definition) is 6. The van der Waals surface area contributed by atoms with Crippen molar-refractivity contribution in [1.29, 1.82) is 0 Å². The zero-order valence-corrected chi connectivity index (χ0v) is 19.9. The van der Waals surface area contributed by atoms with Crippen molar-refractivity contribution in [2.24, 2.45) is 0 Å². The Morgan fingerprint density at radius 3 is 2.74 bits per heavy atom. The molecule has 7 nitrogen and oxygen atoms in total. The van der Waals surface area contributed by atoms with E-state index in [1.54, 1.807) is 49.8 Å². The first-order valence-electron chi connectivity index (χ1n) is 10.6. The summed E-state index contributed by atoms with van der Waals surface area (Å²) < 4.78 is 11.2. The molecule has 1 atom stereocenters. The highest BCUT2D eigenvalue weighted by atomic mass is 35.5. The molecule has 1 unspecified atom stereocenters. The lowest BCUT2D eigenvalue weighted by Gasteiger charge is -2.14. The minimum Gasteiger partial charge on any atom is -0.497 e. The van der Waals surface area contributed by atoms with E-state index in [2.05, 4.69) is 15.8 Å². The van der Waals surface area contributed by atoms with Gasteiger partial charge in [-0.3, -0.25) is 20.1 Å². The number of pyridine rings is 1. The van der Waals surface area contributed by atoms with Crippen molar-refractivity contribution >= 4 is 34.8 Å². The van der Waals surface area contributed by atoms with Gasteiger partial charge in [0.2, 0.25) is 0 Å². The number of nitrogens with zero attached hydrogens (tertiary/aromatic N) is 1. The second kappa shape index (κ2) is 11.2. The topological polar surface area (TPSA) is 81.7 Å². The van der Waals surface area contributed by atoms with Crippen LogP contribution in [-0.2, 0) is 11.3 Å². The van der Waals surface area contributed by atoms with Gasteiger partial charge in [-0.05, 0) is 48.0 Å². The lowest BCUT2D eigenvalue weighted by molar-refractivity contribution is 0.0498. The molecule has 0 aliphatic carbocycles. The van der Waals surface area contributed by atoms with Gasteiger partial charge >= 0.3 is 0 Å². The Morgan fingerprint density at radius 2 is 1.97 bits per heavy atom. The van der Waals surface area contributed by atoms with E-state index in [9.17, 15) is 4.79 Å².